The quantitative estimate of drug-likeness (QED) is 0.671. The fourth-order valence-corrected chi connectivity index (χ4v) is 5.23. The molecule has 158 valence electrons. The minimum Gasteiger partial charge on any atom is -0.340 e. The second-order valence-electron chi connectivity index (χ2n) is 7.60. The van der Waals surface area contributed by atoms with E-state index >= 15 is 0 Å². The molecular formula is C19H24ClFN4O3S. The maximum Gasteiger partial charge on any atom is 0.269 e. The Bertz CT molecular complexity index is 1010. The van der Waals surface area contributed by atoms with Crippen LogP contribution in [0, 0.1) is 17.7 Å². The van der Waals surface area contributed by atoms with Crippen molar-refractivity contribution in [2.45, 2.75) is 32.6 Å². The van der Waals surface area contributed by atoms with Gasteiger partial charge in [-0.3, -0.25) is 10.2 Å². The third-order valence-corrected chi connectivity index (χ3v) is 6.87. The van der Waals surface area contributed by atoms with Crippen LogP contribution in [0.2, 0.25) is 5.02 Å². The fourth-order valence-electron chi connectivity index (χ4n) is 3.62. The maximum atomic E-state index is 14.4. The SMILES string of the molecule is CC1CCCCC1CS(=O)(=O)NNC(=O)c1cc(-c2cn(C)cn2)cc(Cl)c1F. The van der Waals surface area contributed by atoms with Gasteiger partial charge >= 0.3 is 0 Å². The number of aromatic nitrogens is 2. The number of aryl methyl sites for hydroxylation is 1. The van der Waals surface area contributed by atoms with E-state index in [1.807, 2.05) is 6.92 Å². The number of halogens is 2. The number of carbonyl (C=O) groups excluding carboxylic acids is 1. The van der Waals surface area contributed by atoms with E-state index in [9.17, 15) is 17.6 Å². The summed E-state index contributed by atoms with van der Waals surface area (Å²) in [5.74, 6) is -1.59. The van der Waals surface area contributed by atoms with Crippen molar-refractivity contribution in [2.75, 3.05) is 5.75 Å². The monoisotopic (exact) mass is 442 g/mol. The number of carbonyl (C=O) groups is 1. The highest BCUT2D eigenvalue weighted by Gasteiger charge is 2.27. The molecule has 0 spiro atoms. The molecule has 1 fully saturated rings. The Morgan fingerprint density at radius 3 is 2.72 bits per heavy atom. The second-order valence-corrected chi connectivity index (χ2v) is 9.78. The summed E-state index contributed by atoms with van der Waals surface area (Å²) in [6, 6.07) is 2.65. The van der Waals surface area contributed by atoms with Crippen molar-refractivity contribution in [2.24, 2.45) is 18.9 Å². The predicted octanol–water partition coefficient (Wildman–Crippen LogP) is 3.27. The van der Waals surface area contributed by atoms with Gasteiger partial charge in [0.1, 0.15) is 0 Å². The molecule has 0 radical (unpaired) electrons. The van der Waals surface area contributed by atoms with Gasteiger partial charge in [0, 0.05) is 18.8 Å². The molecule has 0 aliphatic heterocycles. The molecule has 1 heterocycles. The lowest BCUT2D eigenvalue weighted by atomic mass is 9.82. The number of amides is 1. The average Bonchev–Trinajstić information content (AvgIpc) is 3.10. The minimum atomic E-state index is -3.75. The molecule has 3 rings (SSSR count). The first-order valence-electron chi connectivity index (χ1n) is 9.43. The summed E-state index contributed by atoms with van der Waals surface area (Å²) < 4.78 is 40.8. The van der Waals surface area contributed by atoms with Gasteiger partial charge in [0.05, 0.1) is 28.4 Å². The van der Waals surface area contributed by atoms with Crippen molar-refractivity contribution in [3.05, 3.63) is 41.1 Å². The van der Waals surface area contributed by atoms with E-state index in [1.165, 1.54) is 12.1 Å². The van der Waals surface area contributed by atoms with Gasteiger partial charge in [-0.15, -0.1) is 4.83 Å². The maximum absolute atomic E-state index is 14.4. The van der Waals surface area contributed by atoms with Crippen molar-refractivity contribution >= 4 is 27.5 Å². The molecule has 1 amide bonds. The summed E-state index contributed by atoms with van der Waals surface area (Å²) >= 11 is 5.93. The molecule has 2 aromatic rings. The molecule has 1 aliphatic rings. The summed E-state index contributed by atoms with van der Waals surface area (Å²) in [6.07, 6.45) is 7.20. The van der Waals surface area contributed by atoms with Crippen molar-refractivity contribution in [1.82, 2.24) is 19.8 Å². The number of hydrazine groups is 1. The molecule has 29 heavy (non-hydrogen) atoms. The highest BCUT2D eigenvalue weighted by Crippen LogP contribution is 2.30. The summed E-state index contributed by atoms with van der Waals surface area (Å²) in [5.41, 5.74) is 2.68. The second kappa shape index (κ2) is 8.81. The number of imidazole rings is 1. The average molecular weight is 443 g/mol. The Labute approximate surface area is 174 Å². The van der Waals surface area contributed by atoms with E-state index in [4.69, 9.17) is 11.6 Å². The molecule has 0 saturated heterocycles. The summed E-state index contributed by atoms with van der Waals surface area (Å²) in [4.78, 5) is 18.7. The first kappa shape index (κ1) is 21.7. The normalized spacial score (nSPS) is 19.9. The molecule has 0 bridgehead atoms. The third-order valence-electron chi connectivity index (χ3n) is 5.32. The van der Waals surface area contributed by atoms with E-state index in [1.54, 1.807) is 24.1 Å². The first-order chi connectivity index (χ1) is 13.7. The number of nitrogens with zero attached hydrogens (tertiary/aromatic N) is 2. The Hall–Kier alpha value is -1.97. The van der Waals surface area contributed by atoms with Crippen LogP contribution in [0.5, 0.6) is 0 Å². The van der Waals surface area contributed by atoms with Crippen molar-refractivity contribution < 1.29 is 17.6 Å². The lowest BCUT2D eigenvalue weighted by Gasteiger charge is -2.28. The smallest absolute Gasteiger partial charge is 0.269 e. The van der Waals surface area contributed by atoms with Gasteiger partial charge in [0.2, 0.25) is 10.0 Å². The lowest BCUT2D eigenvalue weighted by molar-refractivity contribution is 0.0941. The zero-order valence-electron chi connectivity index (χ0n) is 16.3. The predicted molar refractivity (Wildman–Crippen MR) is 109 cm³/mol. The molecule has 1 saturated carbocycles. The molecule has 1 aromatic carbocycles. The molecule has 2 N–H and O–H groups in total. The highest BCUT2D eigenvalue weighted by molar-refractivity contribution is 7.89. The topological polar surface area (TPSA) is 93.1 Å². The zero-order valence-corrected chi connectivity index (χ0v) is 17.9. The van der Waals surface area contributed by atoms with Crippen LogP contribution in [-0.2, 0) is 17.1 Å². The van der Waals surface area contributed by atoms with E-state index in [0.717, 1.165) is 25.7 Å². The van der Waals surface area contributed by atoms with Gasteiger partial charge < -0.3 is 4.57 Å². The standard InChI is InChI=1S/C19H24ClFN4O3S/c1-12-5-3-4-6-13(12)10-29(27,28)24-23-19(26)15-7-14(8-16(20)18(15)21)17-9-25(2)11-22-17/h7-9,11-13,24H,3-6,10H2,1-2H3,(H,23,26). The minimum absolute atomic E-state index is 0.0387. The lowest BCUT2D eigenvalue weighted by Crippen LogP contribution is -2.44. The molecule has 2 atom stereocenters. The van der Waals surface area contributed by atoms with Crippen LogP contribution in [0.4, 0.5) is 4.39 Å². The summed E-state index contributed by atoms with van der Waals surface area (Å²) in [5, 5.41) is -0.253. The van der Waals surface area contributed by atoms with E-state index in [0.29, 0.717) is 17.2 Å². The molecule has 1 aromatic heterocycles. The molecule has 7 nitrogen and oxygen atoms in total. The Kier molecular flexibility index (Phi) is 6.60. The van der Waals surface area contributed by atoms with Gasteiger partial charge in [-0.2, -0.15) is 0 Å². The van der Waals surface area contributed by atoms with Gasteiger partial charge in [0.25, 0.3) is 5.91 Å². The van der Waals surface area contributed by atoms with Crippen molar-refractivity contribution in [1.29, 1.82) is 0 Å². The van der Waals surface area contributed by atoms with Crippen molar-refractivity contribution in [3.8, 4) is 11.3 Å². The Morgan fingerprint density at radius 2 is 2.07 bits per heavy atom. The van der Waals surface area contributed by atoms with Crippen LogP contribution in [0.3, 0.4) is 0 Å². The molecular weight excluding hydrogens is 419 g/mol. The molecule has 10 heteroatoms. The number of benzene rings is 1. The Balaban J connectivity index is 1.72. The largest absolute Gasteiger partial charge is 0.340 e. The number of rotatable bonds is 6. The third kappa shape index (κ3) is 5.34. The van der Waals surface area contributed by atoms with Crippen LogP contribution in [0.15, 0.2) is 24.7 Å². The summed E-state index contributed by atoms with van der Waals surface area (Å²) in [7, 11) is -1.98. The van der Waals surface area contributed by atoms with E-state index in [2.05, 4.69) is 15.2 Å². The fraction of sp³-hybridized carbons (Fsp3) is 0.474. The van der Waals surface area contributed by atoms with Crippen LogP contribution in [-0.4, -0.2) is 29.6 Å². The molecule has 1 aliphatic carbocycles. The zero-order chi connectivity index (χ0) is 21.2. The number of sulfonamides is 1. The van der Waals surface area contributed by atoms with Crippen molar-refractivity contribution in [3.63, 3.8) is 0 Å². The number of nitrogens with one attached hydrogen (secondary N) is 2. The van der Waals surface area contributed by atoms with Gasteiger partial charge in [-0.25, -0.2) is 17.8 Å². The summed E-state index contributed by atoms with van der Waals surface area (Å²) in [6.45, 7) is 2.04. The molecule has 2 unspecified atom stereocenters. The van der Waals surface area contributed by atoms with Gasteiger partial charge in [0.15, 0.2) is 5.82 Å². The van der Waals surface area contributed by atoms with Crippen LogP contribution >= 0.6 is 11.6 Å². The number of hydrogen-bond donors (Lipinski definition) is 2. The number of hydrogen-bond acceptors (Lipinski definition) is 4. The van der Waals surface area contributed by atoms with Gasteiger partial charge in [-0.05, 0) is 30.4 Å². The van der Waals surface area contributed by atoms with Crippen LogP contribution in [0.25, 0.3) is 11.3 Å². The van der Waals surface area contributed by atoms with Crippen LogP contribution in [0.1, 0.15) is 43.0 Å². The van der Waals surface area contributed by atoms with Gasteiger partial charge in [-0.1, -0.05) is 37.8 Å². The first-order valence-corrected chi connectivity index (χ1v) is 11.5. The Morgan fingerprint density at radius 1 is 1.34 bits per heavy atom. The highest BCUT2D eigenvalue weighted by atomic mass is 35.5. The van der Waals surface area contributed by atoms with E-state index < -0.39 is 21.7 Å². The van der Waals surface area contributed by atoms with Crippen LogP contribution < -0.4 is 10.3 Å². The van der Waals surface area contributed by atoms with E-state index in [-0.39, 0.29) is 22.3 Å².